The van der Waals surface area contributed by atoms with Gasteiger partial charge < -0.3 is 14.2 Å². The highest BCUT2D eigenvalue weighted by atomic mass is 16.3. The van der Waals surface area contributed by atoms with Crippen LogP contribution in [0.1, 0.15) is 64.6 Å². The molecule has 3 heterocycles. The van der Waals surface area contributed by atoms with Gasteiger partial charge in [-0.15, -0.1) is 0 Å². The number of rotatable bonds is 5. The minimum Gasteiger partial charge on any atom is -0.456 e. The lowest BCUT2D eigenvalue weighted by Crippen LogP contribution is -2.25. The van der Waals surface area contributed by atoms with Gasteiger partial charge in [0.2, 0.25) is 0 Å². The van der Waals surface area contributed by atoms with Crippen LogP contribution in [0.5, 0.6) is 0 Å². The van der Waals surface area contributed by atoms with Crippen LogP contribution in [0.15, 0.2) is 202 Å². The standard InChI is InChI=1S/C57H42N2O2/c1-3-14-36(15-4-1)42-31-28-37-16-7-8-19-41(37)48-34-39(29-32-43(42)48)40-30-33-53-49(35-40)55-46(22-12-27-54(55)60-53)50-24-13-25-51(59-57(58-50)38-17-5-2-6-18-38)47-23-11-21-45-44-20-9-10-26-52(44)61-56(45)47/h1-12,14-23,25-27,29-30,32-35,42,50H,13,24,28,31H2,(H,58,59)/b51-25-. The smallest absolute Gasteiger partial charge is 0.144 e. The van der Waals surface area contributed by atoms with E-state index in [4.69, 9.17) is 13.8 Å². The van der Waals surface area contributed by atoms with E-state index >= 15 is 0 Å². The summed E-state index contributed by atoms with van der Waals surface area (Å²) in [5, 5.41) is 8.28. The van der Waals surface area contributed by atoms with E-state index in [0.29, 0.717) is 5.92 Å². The van der Waals surface area contributed by atoms with Gasteiger partial charge in [-0.3, -0.25) is 4.99 Å². The Balaban J connectivity index is 0.961. The summed E-state index contributed by atoms with van der Waals surface area (Å²) in [6.45, 7) is 0. The maximum absolute atomic E-state index is 6.61. The highest BCUT2D eigenvalue weighted by Crippen LogP contribution is 2.45. The van der Waals surface area contributed by atoms with Gasteiger partial charge in [0.15, 0.2) is 0 Å². The van der Waals surface area contributed by atoms with E-state index in [-0.39, 0.29) is 6.04 Å². The van der Waals surface area contributed by atoms with Crippen molar-refractivity contribution in [2.75, 3.05) is 0 Å². The molecule has 0 amide bonds. The number of hydrogen-bond acceptors (Lipinski definition) is 4. The largest absolute Gasteiger partial charge is 0.456 e. The zero-order valence-electron chi connectivity index (χ0n) is 33.6. The van der Waals surface area contributed by atoms with Crippen molar-refractivity contribution in [2.45, 2.75) is 37.6 Å². The van der Waals surface area contributed by atoms with Crippen molar-refractivity contribution < 1.29 is 8.83 Å². The molecule has 0 saturated carbocycles. The highest BCUT2D eigenvalue weighted by molar-refractivity contribution is 6.11. The summed E-state index contributed by atoms with van der Waals surface area (Å²) in [7, 11) is 0. The van der Waals surface area contributed by atoms with Gasteiger partial charge in [-0.2, -0.15) is 0 Å². The number of nitrogens with one attached hydrogen (secondary N) is 1. The van der Waals surface area contributed by atoms with Crippen molar-refractivity contribution in [2.24, 2.45) is 4.99 Å². The molecule has 0 spiro atoms. The molecule has 2 atom stereocenters. The van der Waals surface area contributed by atoms with Gasteiger partial charge in [0.05, 0.1) is 6.04 Å². The number of benzene rings is 8. The van der Waals surface area contributed by atoms with Crippen LogP contribution in [0, 0.1) is 0 Å². The minimum atomic E-state index is -0.116. The number of para-hydroxylation sites is 2. The third-order valence-corrected chi connectivity index (χ3v) is 12.9. The van der Waals surface area contributed by atoms with Gasteiger partial charge in [-0.05, 0) is 107 Å². The quantitative estimate of drug-likeness (QED) is 0.189. The molecule has 12 rings (SSSR count). The van der Waals surface area contributed by atoms with Crippen LogP contribution in [0.3, 0.4) is 0 Å². The number of fused-ring (bicyclic) bond motifs is 9. The van der Waals surface area contributed by atoms with E-state index in [9.17, 15) is 0 Å². The number of furan rings is 2. The first-order valence-electron chi connectivity index (χ1n) is 21.5. The molecule has 1 aliphatic heterocycles. The molecular weight excluding hydrogens is 745 g/mol. The molecule has 0 radical (unpaired) electrons. The molecule has 1 aliphatic carbocycles. The van der Waals surface area contributed by atoms with Crippen molar-refractivity contribution in [3.63, 3.8) is 0 Å². The lowest BCUT2D eigenvalue weighted by atomic mass is 9.84. The van der Waals surface area contributed by atoms with Gasteiger partial charge in [-0.25, -0.2) is 0 Å². The first-order valence-corrected chi connectivity index (χ1v) is 21.5. The van der Waals surface area contributed by atoms with E-state index in [1.165, 1.54) is 44.5 Å². The van der Waals surface area contributed by atoms with Crippen LogP contribution in [-0.2, 0) is 6.42 Å². The molecule has 8 aromatic carbocycles. The first kappa shape index (κ1) is 35.5. The number of aliphatic imine (C=N–C) groups is 1. The van der Waals surface area contributed by atoms with Crippen LogP contribution in [-0.4, -0.2) is 5.84 Å². The summed E-state index contributed by atoms with van der Waals surface area (Å²) in [5.74, 6) is 1.17. The first-order chi connectivity index (χ1) is 30.2. The van der Waals surface area contributed by atoms with Crippen molar-refractivity contribution in [3.05, 3.63) is 221 Å². The molecule has 4 heteroatoms. The van der Waals surface area contributed by atoms with Crippen LogP contribution in [0.4, 0.5) is 0 Å². The highest BCUT2D eigenvalue weighted by Gasteiger charge is 2.26. The van der Waals surface area contributed by atoms with E-state index < -0.39 is 0 Å². The Morgan fingerprint density at radius 2 is 1.21 bits per heavy atom. The Morgan fingerprint density at radius 1 is 0.492 bits per heavy atom. The van der Waals surface area contributed by atoms with Crippen molar-refractivity contribution in [3.8, 4) is 22.3 Å². The summed E-state index contributed by atoms with van der Waals surface area (Å²) in [4.78, 5) is 5.59. The Hall–Kier alpha value is -7.43. The molecule has 10 aromatic rings. The van der Waals surface area contributed by atoms with Crippen LogP contribution >= 0.6 is 0 Å². The lowest BCUT2D eigenvalue weighted by molar-refractivity contribution is 0.654. The summed E-state index contributed by atoms with van der Waals surface area (Å²) < 4.78 is 13.1. The average Bonchev–Trinajstić information content (AvgIpc) is 3.83. The second-order valence-electron chi connectivity index (χ2n) is 16.5. The SMILES string of the molecule is C1=C(/c2cccc3c2oc2ccccc23)NC(c2ccccc2)=NC(c2cccc3oc4ccc(-c5ccc6c(c5)-c5ccccc5CCC6c5ccccc5)cc4c23)CC/1. The van der Waals surface area contributed by atoms with Gasteiger partial charge >= 0.3 is 0 Å². The zero-order chi connectivity index (χ0) is 40.3. The number of amidine groups is 1. The predicted molar refractivity (Wildman–Crippen MR) is 251 cm³/mol. The zero-order valence-corrected chi connectivity index (χ0v) is 33.6. The van der Waals surface area contributed by atoms with Gasteiger partial charge in [0.25, 0.3) is 0 Å². The summed E-state index contributed by atoms with van der Waals surface area (Å²) in [6.07, 6.45) is 6.11. The van der Waals surface area contributed by atoms with E-state index in [1.807, 2.05) is 12.1 Å². The molecule has 2 aromatic heterocycles. The molecular formula is C57H42N2O2. The molecule has 2 unspecified atom stereocenters. The normalized spacial score (nSPS) is 17.4. The summed E-state index contributed by atoms with van der Waals surface area (Å²) >= 11 is 0. The number of allylic oxidation sites excluding steroid dienone is 1. The molecule has 292 valence electrons. The van der Waals surface area contributed by atoms with Gasteiger partial charge in [-0.1, -0.05) is 152 Å². The average molecular weight is 787 g/mol. The van der Waals surface area contributed by atoms with Crippen molar-refractivity contribution in [1.82, 2.24) is 5.32 Å². The number of nitrogens with zero attached hydrogens (tertiary/aromatic N) is 1. The van der Waals surface area contributed by atoms with E-state index in [0.717, 1.165) is 92.2 Å². The van der Waals surface area contributed by atoms with Gasteiger partial charge in [0.1, 0.15) is 28.2 Å². The van der Waals surface area contributed by atoms with E-state index in [2.05, 4.69) is 181 Å². The Morgan fingerprint density at radius 3 is 2.13 bits per heavy atom. The monoisotopic (exact) mass is 786 g/mol. The second kappa shape index (κ2) is 14.7. The van der Waals surface area contributed by atoms with Gasteiger partial charge in [0, 0.05) is 44.3 Å². The second-order valence-corrected chi connectivity index (χ2v) is 16.5. The van der Waals surface area contributed by atoms with E-state index in [1.54, 1.807) is 0 Å². The third kappa shape index (κ3) is 6.17. The molecule has 61 heavy (non-hydrogen) atoms. The Bertz CT molecular complexity index is 3350. The van der Waals surface area contributed by atoms with Crippen molar-refractivity contribution in [1.29, 1.82) is 0 Å². The lowest BCUT2D eigenvalue weighted by Gasteiger charge is -2.22. The number of aryl methyl sites for hydroxylation is 1. The van der Waals surface area contributed by atoms with Crippen molar-refractivity contribution >= 4 is 55.4 Å². The fourth-order valence-electron chi connectivity index (χ4n) is 9.99. The molecule has 4 nitrogen and oxygen atoms in total. The Kier molecular flexibility index (Phi) is 8.55. The summed E-state index contributed by atoms with van der Waals surface area (Å²) in [6, 6.07) is 65.2. The van der Waals surface area contributed by atoms with Crippen LogP contribution in [0.25, 0.3) is 71.8 Å². The molecule has 0 saturated heterocycles. The summed E-state index contributed by atoms with van der Waals surface area (Å²) in [5.41, 5.74) is 17.0. The third-order valence-electron chi connectivity index (χ3n) is 12.9. The fourth-order valence-corrected chi connectivity index (χ4v) is 9.99. The molecule has 2 aliphatic rings. The molecule has 0 bridgehead atoms. The molecule has 0 fully saturated rings. The number of hydrogen-bond donors (Lipinski definition) is 1. The van der Waals surface area contributed by atoms with Crippen LogP contribution in [0.2, 0.25) is 0 Å². The molecule has 1 N–H and O–H groups in total. The maximum atomic E-state index is 6.61. The topological polar surface area (TPSA) is 50.7 Å². The Labute approximate surface area is 354 Å². The predicted octanol–water partition coefficient (Wildman–Crippen LogP) is 14.8. The minimum absolute atomic E-state index is 0.116. The maximum Gasteiger partial charge on any atom is 0.144 e. The fraction of sp³-hybridized carbons (Fsp3) is 0.105. The van der Waals surface area contributed by atoms with Crippen LogP contribution < -0.4 is 5.32 Å².